The molecule has 0 fully saturated rings. The first-order valence-electron chi connectivity index (χ1n) is 6.74. The third kappa shape index (κ3) is 5.29. The number of hydrogen-bond acceptors (Lipinski definition) is 3. The zero-order chi connectivity index (χ0) is 16.9. The highest BCUT2D eigenvalue weighted by Gasteiger charge is 2.32. The lowest BCUT2D eigenvalue weighted by molar-refractivity contribution is -0.139. The Hall–Kier alpha value is -1.63. The Morgan fingerprint density at radius 2 is 1.95 bits per heavy atom. The molecule has 122 valence electrons. The molecule has 2 N–H and O–H groups in total. The van der Waals surface area contributed by atoms with E-state index in [-0.39, 0.29) is 24.0 Å². The number of carbonyl (C=O) groups is 2. The molecule has 1 rings (SSSR count). The van der Waals surface area contributed by atoms with Gasteiger partial charge in [-0.15, -0.1) is 11.8 Å². The molecule has 1 aromatic rings. The normalized spacial score (nSPS) is 13.7. The van der Waals surface area contributed by atoms with Gasteiger partial charge in [0.05, 0.1) is 12.2 Å². The van der Waals surface area contributed by atoms with Crippen LogP contribution in [-0.4, -0.2) is 28.3 Å². The molecule has 0 aromatic heterocycles. The molecule has 1 unspecified atom stereocenters. The fourth-order valence-electron chi connectivity index (χ4n) is 1.78. The molecule has 0 bridgehead atoms. The Balaban J connectivity index is 2.64. The number of carboxylic acid groups (broad SMARTS) is 1. The topological polar surface area (TPSA) is 66.4 Å². The minimum Gasteiger partial charge on any atom is -0.481 e. The Bertz CT molecular complexity index is 566. The number of rotatable bonds is 7. The number of benzene rings is 1. The molecular weight excluding hydrogens is 312 g/mol. The predicted molar refractivity (Wildman–Crippen MR) is 80.7 cm³/mol. The van der Waals surface area contributed by atoms with E-state index < -0.39 is 23.1 Å². The maximum absolute atomic E-state index is 13.1. The quantitative estimate of drug-likeness (QED) is 0.754. The van der Waals surface area contributed by atoms with Crippen molar-refractivity contribution in [3.8, 4) is 0 Å². The number of thioether (sulfide) groups is 1. The second kappa shape index (κ2) is 7.58. The number of aliphatic carboxylic acids is 1. The van der Waals surface area contributed by atoms with Crippen LogP contribution in [0.15, 0.2) is 23.1 Å². The van der Waals surface area contributed by atoms with Crippen molar-refractivity contribution >= 4 is 23.6 Å². The predicted octanol–water partition coefficient (Wildman–Crippen LogP) is 3.06. The largest absolute Gasteiger partial charge is 0.481 e. The van der Waals surface area contributed by atoms with Gasteiger partial charge in [0.1, 0.15) is 0 Å². The summed E-state index contributed by atoms with van der Waals surface area (Å²) < 4.78 is 25.9. The fourth-order valence-corrected chi connectivity index (χ4v) is 2.50. The lowest BCUT2D eigenvalue weighted by atomic mass is 9.85. The molecule has 1 atom stereocenters. The highest BCUT2D eigenvalue weighted by molar-refractivity contribution is 8.00. The van der Waals surface area contributed by atoms with Crippen LogP contribution in [0.3, 0.4) is 0 Å². The summed E-state index contributed by atoms with van der Waals surface area (Å²) in [6, 6.07) is 3.40. The number of nitrogens with one attached hydrogen (secondary N) is 1. The van der Waals surface area contributed by atoms with Crippen molar-refractivity contribution < 1.29 is 23.5 Å². The molecule has 1 amide bonds. The van der Waals surface area contributed by atoms with E-state index in [2.05, 4.69) is 5.32 Å². The Kier molecular flexibility index (Phi) is 6.34. The first kappa shape index (κ1) is 18.4. The molecule has 0 saturated carbocycles. The number of halogens is 2. The maximum Gasteiger partial charge on any atom is 0.305 e. The molecule has 0 aliphatic heterocycles. The van der Waals surface area contributed by atoms with E-state index in [1.807, 2.05) is 13.8 Å². The van der Waals surface area contributed by atoms with Crippen LogP contribution in [0.25, 0.3) is 0 Å². The number of carbonyl (C=O) groups excluding carboxylic acids is 1. The van der Waals surface area contributed by atoms with Crippen LogP contribution < -0.4 is 5.32 Å². The second-order valence-electron chi connectivity index (χ2n) is 5.56. The third-order valence-corrected chi connectivity index (χ3v) is 4.47. The molecule has 0 aliphatic rings. The van der Waals surface area contributed by atoms with Gasteiger partial charge >= 0.3 is 5.97 Å². The van der Waals surface area contributed by atoms with Crippen LogP contribution in [0.2, 0.25) is 0 Å². The van der Waals surface area contributed by atoms with E-state index in [1.165, 1.54) is 6.07 Å². The smallest absolute Gasteiger partial charge is 0.305 e. The summed E-state index contributed by atoms with van der Waals surface area (Å²) in [4.78, 5) is 23.3. The van der Waals surface area contributed by atoms with Gasteiger partial charge in [-0.2, -0.15) is 0 Å². The number of carboxylic acids is 1. The van der Waals surface area contributed by atoms with Crippen LogP contribution in [0, 0.1) is 17.6 Å². The molecular formula is C15H19F2NO3S. The second-order valence-corrected chi connectivity index (χ2v) is 6.60. The fraction of sp³-hybridized carbons (Fsp3) is 0.467. The number of amides is 1. The highest BCUT2D eigenvalue weighted by Crippen LogP contribution is 2.23. The van der Waals surface area contributed by atoms with Gasteiger partial charge in [-0.1, -0.05) is 13.8 Å². The van der Waals surface area contributed by atoms with Gasteiger partial charge in [-0.3, -0.25) is 9.59 Å². The van der Waals surface area contributed by atoms with Crippen molar-refractivity contribution in [3.05, 3.63) is 29.8 Å². The zero-order valence-corrected chi connectivity index (χ0v) is 13.5. The van der Waals surface area contributed by atoms with E-state index in [4.69, 9.17) is 5.11 Å². The summed E-state index contributed by atoms with van der Waals surface area (Å²) in [5.41, 5.74) is -0.864. The average Bonchev–Trinajstić information content (AvgIpc) is 2.39. The van der Waals surface area contributed by atoms with Crippen molar-refractivity contribution in [3.63, 3.8) is 0 Å². The molecule has 0 aliphatic carbocycles. The molecule has 22 heavy (non-hydrogen) atoms. The Morgan fingerprint density at radius 3 is 2.45 bits per heavy atom. The maximum atomic E-state index is 13.1. The Labute approximate surface area is 132 Å². The number of hydrogen-bond donors (Lipinski definition) is 2. The summed E-state index contributed by atoms with van der Waals surface area (Å²) in [5.74, 6) is -3.34. The van der Waals surface area contributed by atoms with Gasteiger partial charge in [0.2, 0.25) is 5.91 Å². The van der Waals surface area contributed by atoms with Gasteiger partial charge in [0.15, 0.2) is 11.6 Å². The van der Waals surface area contributed by atoms with E-state index in [0.717, 1.165) is 23.9 Å². The van der Waals surface area contributed by atoms with Crippen molar-refractivity contribution in [1.29, 1.82) is 0 Å². The molecule has 0 heterocycles. The lowest BCUT2D eigenvalue weighted by Gasteiger charge is -2.33. The summed E-state index contributed by atoms with van der Waals surface area (Å²) in [5, 5.41) is 11.7. The van der Waals surface area contributed by atoms with Crippen molar-refractivity contribution in [1.82, 2.24) is 5.32 Å². The molecule has 0 saturated heterocycles. The lowest BCUT2D eigenvalue weighted by Crippen LogP contribution is -2.51. The first-order valence-corrected chi connectivity index (χ1v) is 7.73. The van der Waals surface area contributed by atoms with Crippen molar-refractivity contribution in [2.24, 2.45) is 5.92 Å². The zero-order valence-electron chi connectivity index (χ0n) is 12.7. The molecule has 0 spiro atoms. The van der Waals surface area contributed by atoms with Crippen LogP contribution >= 0.6 is 11.8 Å². The standard InChI is InChI=1S/C15H19F2NO3S/c1-9(2)15(3,7-14(20)21)18-13(19)8-22-10-4-5-11(16)12(17)6-10/h4-6,9H,7-8H2,1-3H3,(H,18,19)(H,20,21). The van der Waals surface area contributed by atoms with Crippen molar-refractivity contribution in [2.75, 3.05) is 5.75 Å². The minimum absolute atomic E-state index is 0.00694. The van der Waals surface area contributed by atoms with Crippen LogP contribution in [0.5, 0.6) is 0 Å². The van der Waals surface area contributed by atoms with Gasteiger partial charge in [0.25, 0.3) is 0 Å². The highest BCUT2D eigenvalue weighted by atomic mass is 32.2. The Morgan fingerprint density at radius 1 is 1.32 bits per heavy atom. The van der Waals surface area contributed by atoms with E-state index in [9.17, 15) is 18.4 Å². The van der Waals surface area contributed by atoms with Crippen LogP contribution in [-0.2, 0) is 9.59 Å². The third-order valence-electron chi connectivity index (χ3n) is 3.48. The monoisotopic (exact) mass is 331 g/mol. The average molecular weight is 331 g/mol. The summed E-state index contributed by atoms with van der Waals surface area (Å²) in [7, 11) is 0. The van der Waals surface area contributed by atoms with Gasteiger partial charge in [-0.05, 0) is 31.0 Å². The molecule has 0 radical (unpaired) electrons. The molecule has 4 nitrogen and oxygen atoms in total. The summed E-state index contributed by atoms with van der Waals surface area (Å²) >= 11 is 1.06. The van der Waals surface area contributed by atoms with E-state index in [1.54, 1.807) is 6.92 Å². The van der Waals surface area contributed by atoms with E-state index >= 15 is 0 Å². The molecule has 7 heteroatoms. The van der Waals surface area contributed by atoms with Crippen LogP contribution in [0.1, 0.15) is 27.2 Å². The van der Waals surface area contributed by atoms with Gasteiger partial charge in [-0.25, -0.2) is 8.78 Å². The molecule has 1 aromatic carbocycles. The summed E-state index contributed by atoms with van der Waals surface area (Å²) in [6.45, 7) is 5.32. The van der Waals surface area contributed by atoms with Gasteiger partial charge < -0.3 is 10.4 Å². The van der Waals surface area contributed by atoms with Crippen molar-refractivity contribution in [2.45, 2.75) is 37.6 Å². The van der Waals surface area contributed by atoms with Crippen LogP contribution in [0.4, 0.5) is 8.78 Å². The van der Waals surface area contributed by atoms with E-state index in [0.29, 0.717) is 4.90 Å². The first-order chi connectivity index (χ1) is 10.1. The summed E-state index contributed by atoms with van der Waals surface area (Å²) in [6.07, 6.45) is -0.188. The minimum atomic E-state index is -0.996. The SMILES string of the molecule is CC(C)C(C)(CC(=O)O)NC(=O)CSc1ccc(F)c(F)c1. The van der Waals surface area contributed by atoms with Gasteiger partial charge in [0, 0.05) is 10.4 Å².